The maximum absolute atomic E-state index is 5.90. The molecule has 0 aliphatic heterocycles. The van der Waals surface area contributed by atoms with Gasteiger partial charge in [-0.3, -0.25) is 0 Å². The minimum atomic E-state index is 0. The molecule has 0 aliphatic carbocycles. The summed E-state index contributed by atoms with van der Waals surface area (Å²) in [5, 5.41) is 2.36. The summed E-state index contributed by atoms with van der Waals surface area (Å²) in [6, 6.07) is 5.57. The van der Waals surface area contributed by atoms with Gasteiger partial charge in [0, 0.05) is 15.4 Å². The van der Waals surface area contributed by atoms with E-state index in [2.05, 4.69) is 15.9 Å². The van der Waals surface area contributed by atoms with Gasteiger partial charge < -0.3 is 2.85 Å². The van der Waals surface area contributed by atoms with Crippen LogP contribution in [0.3, 0.4) is 0 Å². The molecule has 4 heteroatoms. The SMILES string of the molecule is Clc1ccc(CCBr)c(Cl)c1.[H-].[H-].[Mg+2]. The van der Waals surface area contributed by atoms with E-state index in [0.717, 1.165) is 22.3 Å². The third-order valence-electron chi connectivity index (χ3n) is 1.38. The molecule has 0 saturated heterocycles. The van der Waals surface area contributed by atoms with E-state index in [9.17, 15) is 0 Å². The second-order valence-electron chi connectivity index (χ2n) is 2.17. The van der Waals surface area contributed by atoms with Crippen molar-refractivity contribution in [1.82, 2.24) is 0 Å². The van der Waals surface area contributed by atoms with Crippen molar-refractivity contribution in [2.75, 3.05) is 5.33 Å². The van der Waals surface area contributed by atoms with Crippen LogP contribution < -0.4 is 0 Å². The summed E-state index contributed by atoms with van der Waals surface area (Å²) < 4.78 is 0. The van der Waals surface area contributed by atoms with E-state index in [0.29, 0.717) is 5.02 Å². The Morgan fingerprint density at radius 1 is 1.33 bits per heavy atom. The van der Waals surface area contributed by atoms with Gasteiger partial charge in [0.25, 0.3) is 0 Å². The Balaban J connectivity index is -0.000000403. The second-order valence-corrected chi connectivity index (χ2v) is 3.81. The van der Waals surface area contributed by atoms with Gasteiger partial charge in [-0.1, -0.05) is 45.2 Å². The van der Waals surface area contributed by atoms with Crippen molar-refractivity contribution >= 4 is 62.2 Å². The fraction of sp³-hybridized carbons (Fsp3) is 0.250. The van der Waals surface area contributed by atoms with Crippen molar-refractivity contribution in [2.45, 2.75) is 6.42 Å². The van der Waals surface area contributed by atoms with Crippen LogP contribution in [0.2, 0.25) is 10.0 Å². The zero-order valence-corrected chi connectivity index (χ0v) is 11.0. The van der Waals surface area contributed by atoms with Crippen LogP contribution in [0.5, 0.6) is 0 Å². The van der Waals surface area contributed by atoms with Crippen molar-refractivity contribution in [3.8, 4) is 0 Å². The summed E-state index contributed by atoms with van der Waals surface area (Å²) in [5.74, 6) is 0. The van der Waals surface area contributed by atoms with E-state index in [1.165, 1.54) is 0 Å². The first kappa shape index (κ1) is 13.0. The minimum Gasteiger partial charge on any atom is -1.00 e. The molecule has 1 aromatic rings. The van der Waals surface area contributed by atoms with Crippen molar-refractivity contribution in [3.05, 3.63) is 33.8 Å². The van der Waals surface area contributed by atoms with E-state index < -0.39 is 0 Å². The molecule has 0 amide bonds. The van der Waals surface area contributed by atoms with Crippen molar-refractivity contribution in [3.63, 3.8) is 0 Å². The molecule has 0 N–H and O–H groups in total. The quantitative estimate of drug-likeness (QED) is 0.571. The van der Waals surface area contributed by atoms with Gasteiger partial charge in [0.05, 0.1) is 0 Å². The summed E-state index contributed by atoms with van der Waals surface area (Å²) in [5.41, 5.74) is 1.13. The molecular formula is C8H9BrCl2Mg. The Bertz CT molecular complexity index is 261. The molecule has 0 radical (unpaired) electrons. The van der Waals surface area contributed by atoms with Crippen LogP contribution >= 0.6 is 39.1 Å². The fourth-order valence-electron chi connectivity index (χ4n) is 0.826. The van der Waals surface area contributed by atoms with Gasteiger partial charge in [-0.2, -0.15) is 0 Å². The first-order valence-corrected chi connectivity index (χ1v) is 5.11. The van der Waals surface area contributed by atoms with Gasteiger partial charge in [-0.15, -0.1) is 0 Å². The fourth-order valence-corrected chi connectivity index (χ4v) is 1.76. The Labute approximate surface area is 110 Å². The number of halogens is 3. The number of hydrogen-bond acceptors (Lipinski definition) is 0. The number of hydrogen-bond donors (Lipinski definition) is 0. The van der Waals surface area contributed by atoms with Crippen LogP contribution in [-0.2, 0) is 6.42 Å². The molecule has 0 aliphatic rings. The normalized spacial score (nSPS) is 9.25. The van der Waals surface area contributed by atoms with Gasteiger partial charge in [-0.05, 0) is 24.1 Å². The van der Waals surface area contributed by atoms with Crippen LogP contribution in [0.15, 0.2) is 18.2 Å². The van der Waals surface area contributed by atoms with Crippen molar-refractivity contribution < 1.29 is 2.85 Å². The molecule has 0 nitrogen and oxygen atoms in total. The standard InChI is InChI=1S/C8H7BrCl2.Mg.2H/c9-4-3-6-1-2-7(10)5-8(6)11;;;/h1-2,5H,3-4H2;;;/q;+2;2*-1. The van der Waals surface area contributed by atoms with Gasteiger partial charge >= 0.3 is 23.1 Å². The number of aryl methyl sites for hydroxylation is 1. The van der Waals surface area contributed by atoms with Crippen LogP contribution in [-0.4, -0.2) is 28.4 Å². The van der Waals surface area contributed by atoms with Crippen molar-refractivity contribution in [1.29, 1.82) is 0 Å². The zero-order valence-electron chi connectivity index (χ0n) is 8.49. The van der Waals surface area contributed by atoms with E-state index in [1.807, 2.05) is 12.1 Å². The summed E-state index contributed by atoms with van der Waals surface area (Å²) in [6.07, 6.45) is 0.940. The monoisotopic (exact) mass is 278 g/mol. The molecule has 12 heavy (non-hydrogen) atoms. The molecule has 0 saturated carbocycles. The second kappa shape index (κ2) is 6.49. The van der Waals surface area contributed by atoms with E-state index in [1.54, 1.807) is 6.07 Å². The first-order chi connectivity index (χ1) is 5.24. The maximum Gasteiger partial charge on any atom is 2.00 e. The van der Waals surface area contributed by atoms with Crippen LogP contribution in [0.4, 0.5) is 0 Å². The van der Waals surface area contributed by atoms with Gasteiger partial charge in [0.15, 0.2) is 0 Å². The minimum absolute atomic E-state index is 0. The number of benzene rings is 1. The average Bonchev–Trinajstić information content (AvgIpc) is 1.95. The Kier molecular flexibility index (Phi) is 7.06. The van der Waals surface area contributed by atoms with E-state index in [-0.39, 0.29) is 25.9 Å². The van der Waals surface area contributed by atoms with Crippen LogP contribution in [0.25, 0.3) is 0 Å². The summed E-state index contributed by atoms with van der Waals surface area (Å²) in [6.45, 7) is 0. The molecular weight excluding hydrogens is 271 g/mol. The molecule has 0 unspecified atom stereocenters. The molecule has 0 atom stereocenters. The molecule has 64 valence electrons. The van der Waals surface area contributed by atoms with Crippen LogP contribution in [0, 0.1) is 0 Å². The molecule has 1 aromatic carbocycles. The Morgan fingerprint density at radius 3 is 2.50 bits per heavy atom. The Morgan fingerprint density at radius 2 is 2.00 bits per heavy atom. The number of rotatable bonds is 2. The first-order valence-electron chi connectivity index (χ1n) is 3.24. The van der Waals surface area contributed by atoms with E-state index >= 15 is 0 Å². The van der Waals surface area contributed by atoms with Gasteiger partial charge in [0.2, 0.25) is 0 Å². The smallest absolute Gasteiger partial charge is 1.00 e. The Hall–Kier alpha value is 1.05. The zero-order chi connectivity index (χ0) is 8.27. The largest absolute Gasteiger partial charge is 2.00 e. The third-order valence-corrected chi connectivity index (χ3v) is 2.36. The maximum atomic E-state index is 5.90. The molecule has 1 rings (SSSR count). The van der Waals surface area contributed by atoms with Gasteiger partial charge in [-0.25, -0.2) is 0 Å². The summed E-state index contributed by atoms with van der Waals surface area (Å²) in [7, 11) is 0. The third kappa shape index (κ3) is 3.84. The molecule has 0 bridgehead atoms. The molecule has 0 heterocycles. The molecule has 0 spiro atoms. The summed E-state index contributed by atoms with van der Waals surface area (Å²) in [4.78, 5) is 0. The van der Waals surface area contributed by atoms with Gasteiger partial charge in [0.1, 0.15) is 0 Å². The topological polar surface area (TPSA) is 0 Å². The predicted molar refractivity (Wildman–Crippen MR) is 61.9 cm³/mol. The number of alkyl halides is 1. The predicted octanol–water partition coefficient (Wildman–Crippen LogP) is 3.78. The summed E-state index contributed by atoms with van der Waals surface area (Å²) >= 11 is 15.0. The average molecular weight is 280 g/mol. The molecule has 0 aromatic heterocycles. The van der Waals surface area contributed by atoms with E-state index in [4.69, 9.17) is 23.2 Å². The van der Waals surface area contributed by atoms with Crippen molar-refractivity contribution in [2.24, 2.45) is 0 Å². The van der Waals surface area contributed by atoms with Crippen LogP contribution in [0.1, 0.15) is 8.42 Å². The molecule has 0 fully saturated rings.